The second-order valence-corrected chi connectivity index (χ2v) is 2.97. The summed E-state index contributed by atoms with van der Waals surface area (Å²) >= 11 is 0. The summed E-state index contributed by atoms with van der Waals surface area (Å²) in [5.74, 6) is -0.934. The van der Waals surface area contributed by atoms with Crippen LogP contribution in [0.2, 0.25) is 0 Å². The van der Waals surface area contributed by atoms with E-state index in [1.54, 1.807) is 0 Å². The van der Waals surface area contributed by atoms with Crippen LogP contribution in [0.1, 0.15) is 12.0 Å². The predicted molar refractivity (Wildman–Crippen MR) is 50.4 cm³/mol. The zero-order chi connectivity index (χ0) is 9.68. The van der Waals surface area contributed by atoms with E-state index in [4.69, 9.17) is 10.8 Å². The van der Waals surface area contributed by atoms with E-state index >= 15 is 0 Å². The number of benzene rings is 1. The number of carbonyl (C=O) groups is 1. The van der Waals surface area contributed by atoms with E-state index in [1.165, 1.54) is 0 Å². The molecule has 0 radical (unpaired) electrons. The van der Waals surface area contributed by atoms with Gasteiger partial charge in [-0.25, -0.2) is 0 Å². The third kappa shape index (κ3) is 3.36. The van der Waals surface area contributed by atoms with E-state index in [1.807, 2.05) is 30.3 Å². The molecule has 0 aliphatic heterocycles. The predicted octanol–water partition coefficient (Wildman–Crippen LogP) is 1.03. The zero-order valence-corrected chi connectivity index (χ0v) is 14.5. The molecule has 0 bridgehead atoms. The summed E-state index contributed by atoms with van der Waals surface area (Å²) in [4.78, 5) is 10.4. The maximum atomic E-state index is 10.4. The Kier molecular flexibility index (Phi) is 4.43. The summed E-state index contributed by atoms with van der Waals surface area (Å²) in [7, 11) is 0. The van der Waals surface area contributed by atoms with E-state index in [9.17, 15) is 4.79 Å². The molecule has 3 N–H and O–H groups in total. The van der Waals surface area contributed by atoms with Gasteiger partial charge in [-0.15, -0.1) is 0 Å². The Hall–Kier alpha value is -2.35. The number of hydrogen-bond donors (Lipinski definition) is 2. The van der Waals surface area contributed by atoms with Gasteiger partial charge in [-0.3, -0.25) is 4.79 Å². The van der Waals surface area contributed by atoms with Crippen molar-refractivity contribution in [2.45, 2.75) is 18.9 Å². The molecule has 14 heavy (non-hydrogen) atoms. The van der Waals surface area contributed by atoms with Crippen LogP contribution in [0.5, 0.6) is 0 Å². The van der Waals surface area contributed by atoms with Crippen LogP contribution in [-0.2, 0) is 11.2 Å². The van der Waals surface area contributed by atoms with Crippen molar-refractivity contribution in [3.63, 3.8) is 0 Å². The van der Waals surface area contributed by atoms with Crippen LogP contribution < -0.4 is 5.73 Å². The van der Waals surface area contributed by atoms with Gasteiger partial charge in [0.15, 0.2) is 0 Å². The number of carboxylic acids is 1. The summed E-state index contributed by atoms with van der Waals surface area (Å²) < 4.78 is 0. The van der Waals surface area contributed by atoms with Gasteiger partial charge in [-0.05, 0) is 18.4 Å². The van der Waals surface area contributed by atoms with Crippen LogP contribution >= 0.6 is 0 Å². The molecular formula is C10H13BhNO2. The van der Waals surface area contributed by atoms with Crippen LogP contribution in [0.15, 0.2) is 30.3 Å². The Balaban J connectivity index is 0.00000169. The molecule has 3 nitrogen and oxygen atoms in total. The average molecular weight is 449 g/mol. The SMILES string of the molecule is N[C@@H](CCc1ccccc1)C(=O)O.[Bh]. The van der Waals surface area contributed by atoms with Gasteiger partial charge in [0.05, 0.1) is 0 Å². The van der Waals surface area contributed by atoms with Crippen LogP contribution in [0.25, 0.3) is 0 Å². The van der Waals surface area contributed by atoms with E-state index in [0.717, 1.165) is 5.56 Å². The fourth-order valence-corrected chi connectivity index (χ4v) is 1.09. The Morgan fingerprint density at radius 1 is 1.36 bits per heavy atom. The minimum atomic E-state index is -0.934. The van der Waals surface area contributed by atoms with E-state index in [-0.39, 0.29) is 0 Å². The molecule has 1 aromatic rings. The summed E-state index contributed by atoms with van der Waals surface area (Å²) in [6.45, 7) is 0. The maximum Gasteiger partial charge on any atom is 0.320 e. The minimum Gasteiger partial charge on any atom is -0.480 e. The number of aliphatic carboxylic acids is 1. The third-order valence-corrected chi connectivity index (χ3v) is 1.90. The first-order valence-electron chi connectivity index (χ1n) is 4.22. The average Bonchev–Trinajstić information content (AvgIpc) is 2.15. The van der Waals surface area contributed by atoms with E-state index in [2.05, 4.69) is 0 Å². The fourth-order valence-electron chi connectivity index (χ4n) is 1.09. The second kappa shape index (κ2) is 5.32. The minimum absolute atomic E-state index is 0. The van der Waals surface area contributed by atoms with Gasteiger partial charge in [0, 0.05) is 0 Å². The molecule has 1 rings (SSSR count). The smallest absolute Gasteiger partial charge is 0.320 e. The van der Waals surface area contributed by atoms with Crippen molar-refractivity contribution in [3.8, 4) is 0 Å². The van der Waals surface area contributed by atoms with Crippen LogP contribution in [0, 0.1) is 0 Å². The van der Waals surface area contributed by atoms with Crippen LogP contribution in [0.4, 0.5) is 0 Å². The van der Waals surface area contributed by atoms with Crippen molar-refractivity contribution in [1.82, 2.24) is 0 Å². The van der Waals surface area contributed by atoms with Crippen molar-refractivity contribution in [2.24, 2.45) is 5.73 Å². The number of hydrogen-bond acceptors (Lipinski definition) is 2. The normalized spacial score (nSPS) is 11.5. The fraction of sp³-hybridized carbons (Fsp3) is 0.300. The molecule has 0 unspecified atom stereocenters. The Bertz CT molecular complexity index is 277. The van der Waals surface area contributed by atoms with Gasteiger partial charge in [0.25, 0.3) is 0 Å². The number of carboxylic acid groups (broad SMARTS) is 1. The molecule has 0 amide bonds. The van der Waals surface area contributed by atoms with Crippen molar-refractivity contribution in [2.75, 3.05) is 0 Å². The first-order valence-corrected chi connectivity index (χ1v) is 4.22. The number of nitrogens with two attached hydrogens (primary N) is 1. The van der Waals surface area contributed by atoms with Crippen molar-refractivity contribution >= 4 is 5.97 Å². The molecule has 1 atom stereocenters. The van der Waals surface area contributed by atoms with Crippen molar-refractivity contribution in [1.29, 1.82) is 0 Å². The summed E-state index contributed by atoms with van der Waals surface area (Å²) in [5.41, 5.74) is 6.49. The molecule has 0 saturated carbocycles. The second-order valence-electron chi connectivity index (χ2n) is 2.97. The van der Waals surface area contributed by atoms with Gasteiger partial charge < -0.3 is 10.8 Å². The molecule has 4 heteroatoms. The Morgan fingerprint density at radius 2 is 1.93 bits per heavy atom. The van der Waals surface area contributed by atoms with Gasteiger partial charge in [-0.1, -0.05) is 30.3 Å². The topological polar surface area (TPSA) is 63.3 Å². The standard InChI is InChI=1S/C10H13NO2.Bh/c11-9(10(12)13)7-6-8-4-2-1-3-5-8;/h1-5,9H,6-7,11H2,(H,12,13);/t9-;/m0./s1. The van der Waals surface area contributed by atoms with Gasteiger partial charge in [-0.2, -0.15) is 0 Å². The third-order valence-electron chi connectivity index (χ3n) is 1.90. The largest absolute Gasteiger partial charge is 0.480 e. The number of rotatable bonds is 4. The van der Waals surface area contributed by atoms with Crippen LogP contribution in [-0.4, -0.2) is 17.1 Å². The summed E-state index contributed by atoms with van der Waals surface area (Å²) in [6.07, 6.45) is 1.20. The molecule has 0 saturated heterocycles. The molecule has 0 aromatic heterocycles. The van der Waals surface area contributed by atoms with Crippen LogP contribution in [0.3, 0.4) is 0 Å². The summed E-state index contributed by atoms with van der Waals surface area (Å²) in [5, 5.41) is 8.54. The molecule has 1 aromatic carbocycles. The van der Waals surface area contributed by atoms with Crippen molar-refractivity contribution in [3.05, 3.63) is 35.9 Å². The molecular weight excluding hydrogens is 436 g/mol. The van der Waals surface area contributed by atoms with Gasteiger partial charge >= 0.3 is 5.97 Å². The first-order chi connectivity index (χ1) is 6.20. The molecule has 0 heterocycles. The Morgan fingerprint density at radius 3 is 2.43 bits per heavy atom. The van der Waals surface area contributed by atoms with Gasteiger partial charge in [0.2, 0.25) is 0 Å². The monoisotopic (exact) mass is 449 g/mol. The molecule has 72 valence electrons. The summed E-state index contributed by atoms with van der Waals surface area (Å²) in [6, 6.07) is 8.98. The van der Waals surface area contributed by atoms with E-state index in [0.29, 0.717) is 12.8 Å². The Labute approximate surface area is 77.2 Å². The molecule has 0 fully saturated rings. The molecule has 0 spiro atoms. The number of aryl methyl sites for hydroxylation is 1. The maximum absolute atomic E-state index is 10.4. The molecule has 0 aliphatic rings. The zero-order valence-electron chi connectivity index (χ0n) is 8.02. The molecule has 0 aliphatic carbocycles. The van der Waals surface area contributed by atoms with Gasteiger partial charge in [0.1, 0.15) is 6.04 Å². The van der Waals surface area contributed by atoms with Crippen molar-refractivity contribution < 1.29 is 9.90 Å². The quantitative estimate of drug-likeness (QED) is 0.723. The van der Waals surface area contributed by atoms with E-state index < -0.39 is 12.0 Å². The first kappa shape index (κ1) is 11.6.